The highest BCUT2D eigenvalue weighted by atomic mass is 28.4. The van der Waals surface area contributed by atoms with Crippen LogP contribution < -0.4 is 0 Å². The third-order valence-corrected chi connectivity index (χ3v) is 19.1. The maximum atomic E-state index is 9.41. The topological polar surface area (TPSA) is 38.7 Å². The average molecular weight is 449 g/mol. The first kappa shape index (κ1) is 28.5. The van der Waals surface area contributed by atoms with Gasteiger partial charge >= 0.3 is 0 Å². The van der Waals surface area contributed by atoms with E-state index in [0.29, 0.717) is 0 Å². The summed E-state index contributed by atoms with van der Waals surface area (Å²) in [5.74, 6) is 0. The first-order chi connectivity index (χ1) is 12.7. The highest BCUT2D eigenvalue weighted by Crippen LogP contribution is 2.42. The molecule has 1 unspecified atom stereocenters. The van der Waals surface area contributed by atoms with Crippen LogP contribution >= 0.6 is 0 Å². The van der Waals surface area contributed by atoms with Crippen molar-refractivity contribution in [3.8, 4) is 0 Å². The summed E-state index contributed by atoms with van der Waals surface area (Å²) in [5.41, 5.74) is 0. The van der Waals surface area contributed by atoms with Gasteiger partial charge < -0.3 is 14.0 Å². The predicted octanol–water partition coefficient (Wildman–Crippen LogP) is 7.13. The van der Waals surface area contributed by atoms with Gasteiger partial charge in [0.25, 0.3) is 0 Å². The molecule has 0 saturated carbocycles. The summed E-state index contributed by atoms with van der Waals surface area (Å²) in [6.07, 6.45) is 6.51. The Morgan fingerprint density at radius 3 is 1.68 bits per heavy atom. The lowest BCUT2D eigenvalue weighted by Crippen LogP contribution is -2.67. The molecule has 1 N–H and O–H groups in total. The van der Waals surface area contributed by atoms with Gasteiger partial charge in [-0.3, -0.25) is 0 Å². The van der Waals surface area contributed by atoms with E-state index in [-0.39, 0.29) is 17.1 Å². The maximum absolute atomic E-state index is 9.41. The quantitative estimate of drug-likeness (QED) is 0.271. The molecule has 0 amide bonds. The van der Waals surface area contributed by atoms with Gasteiger partial charge in [0.05, 0.1) is 13.3 Å². The lowest BCUT2D eigenvalue weighted by Gasteiger charge is -2.54. The van der Waals surface area contributed by atoms with Crippen molar-refractivity contribution in [1.29, 1.82) is 0 Å². The van der Waals surface area contributed by atoms with Gasteiger partial charge in [-0.05, 0) is 64.8 Å². The van der Waals surface area contributed by atoms with Crippen LogP contribution in [0.4, 0.5) is 0 Å². The fraction of sp³-hybridized carbons (Fsp3) is 1.00. The summed E-state index contributed by atoms with van der Waals surface area (Å²) < 4.78 is 14.3. The van der Waals surface area contributed by atoms with E-state index >= 15 is 0 Å². The summed E-state index contributed by atoms with van der Waals surface area (Å²) in [6.45, 7) is 26.2. The van der Waals surface area contributed by atoms with Crippen LogP contribution in [0, 0.1) is 0 Å². The van der Waals surface area contributed by atoms with E-state index in [0.717, 1.165) is 31.7 Å². The molecule has 6 heteroatoms. The van der Waals surface area contributed by atoms with E-state index in [9.17, 15) is 5.11 Å². The van der Waals surface area contributed by atoms with Crippen LogP contribution in [0.5, 0.6) is 0 Å². The maximum Gasteiger partial charge on any atom is 0.216 e. The fourth-order valence-electron chi connectivity index (χ4n) is 4.72. The molecule has 0 spiro atoms. The van der Waals surface area contributed by atoms with Crippen molar-refractivity contribution in [2.75, 3.05) is 6.61 Å². The number of aliphatic hydroxyl groups excluding tert-OH is 1. The standard InChI is InChI=1S/C22H52O3Si3/c1-12-16-20-27(8,9)24-21(5,13-2)28(10,11)25-22(14-3,15-4)26(6,7)19-17-18-23/h23H,12-20H2,1-11H3. The molecule has 28 heavy (non-hydrogen) atoms. The van der Waals surface area contributed by atoms with E-state index in [1.54, 1.807) is 0 Å². The van der Waals surface area contributed by atoms with Crippen LogP contribution in [-0.4, -0.2) is 46.9 Å². The lowest BCUT2D eigenvalue weighted by atomic mass is 10.2. The SMILES string of the molecule is CCCC[Si](C)(C)OC(C)(CC)[Si](C)(C)OC(CC)(CC)[Si](C)(C)CCCO. The minimum absolute atomic E-state index is 0.0349. The van der Waals surface area contributed by atoms with Crippen LogP contribution in [0.2, 0.25) is 51.4 Å². The molecule has 170 valence electrons. The van der Waals surface area contributed by atoms with Gasteiger partial charge in [-0.2, -0.15) is 0 Å². The van der Waals surface area contributed by atoms with Crippen molar-refractivity contribution in [3.05, 3.63) is 0 Å². The molecule has 0 aliphatic carbocycles. The number of rotatable bonds is 15. The molecule has 0 aliphatic rings. The van der Waals surface area contributed by atoms with Gasteiger partial charge in [0.15, 0.2) is 8.32 Å². The van der Waals surface area contributed by atoms with Crippen molar-refractivity contribution < 1.29 is 14.0 Å². The van der Waals surface area contributed by atoms with Gasteiger partial charge in [-0.1, -0.05) is 59.7 Å². The Kier molecular flexibility index (Phi) is 11.4. The Morgan fingerprint density at radius 2 is 1.29 bits per heavy atom. The minimum Gasteiger partial charge on any atom is -0.412 e. The molecule has 0 heterocycles. The molecule has 3 nitrogen and oxygen atoms in total. The van der Waals surface area contributed by atoms with Gasteiger partial charge in [0, 0.05) is 11.8 Å². The summed E-state index contributed by atoms with van der Waals surface area (Å²) >= 11 is 0. The number of hydrogen-bond donors (Lipinski definition) is 1. The number of unbranched alkanes of at least 4 members (excludes halogenated alkanes) is 1. The molecule has 0 radical (unpaired) electrons. The van der Waals surface area contributed by atoms with Crippen molar-refractivity contribution >= 4 is 24.7 Å². The van der Waals surface area contributed by atoms with E-state index in [2.05, 4.69) is 73.9 Å². The van der Waals surface area contributed by atoms with Crippen LogP contribution in [0.25, 0.3) is 0 Å². The molecule has 0 fully saturated rings. The summed E-state index contributed by atoms with van der Waals surface area (Å²) in [6, 6.07) is 2.35. The zero-order valence-corrected chi connectivity index (χ0v) is 24.1. The van der Waals surface area contributed by atoms with Crippen molar-refractivity contribution in [2.24, 2.45) is 0 Å². The number of aliphatic hydroxyl groups is 1. The first-order valence-electron chi connectivity index (χ1n) is 11.7. The first-order valence-corrected chi connectivity index (χ1v) is 21.0. The largest absolute Gasteiger partial charge is 0.412 e. The third kappa shape index (κ3) is 7.05. The minimum atomic E-state index is -2.15. The Morgan fingerprint density at radius 1 is 0.750 bits per heavy atom. The second-order valence-electron chi connectivity index (χ2n) is 10.6. The third-order valence-electron chi connectivity index (χ3n) is 7.37. The molecule has 1 atom stereocenters. The monoisotopic (exact) mass is 448 g/mol. The average Bonchev–Trinajstić information content (AvgIpc) is 2.62. The van der Waals surface area contributed by atoms with Gasteiger partial charge in [-0.25, -0.2) is 0 Å². The van der Waals surface area contributed by atoms with Crippen molar-refractivity contribution in [1.82, 2.24) is 0 Å². The highest BCUT2D eigenvalue weighted by molar-refractivity contribution is 6.83. The van der Waals surface area contributed by atoms with Gasteiger partial charge in [0.2, 0.25) is 8.32 Å². The zero-order chi connectivity index (χ0) is 22.3. The lowest BCUT2D eigenvalue weighted by molar-refractivity contribution is 0.0640. The Labute approximate surface area is 180 Å². The Balaban J connectivity index is 5.81. The Bertz CT molecular complexity index is 448. The van der Waals surface area contributed by atoms with Crippen LogP contribution in [-0.2, 0) is 8.85 Å². The summed E-state index contributed by atoms with van der Waals surface area (Å²) in [5, 5.41) is 9.22. The van der Waals surface area contributed by atoms with E-state index < -0.39 is 24.7 Å². The summed E-state index contributed by atoms with van der Waals surface area (Å²) in [4.78, 5) is 0. The number of hydrogen-bond acceptors (Lipinski definition) is 3. The molecule has 0 aromatic carbocycles. The van der Waals surface area contributed by atoms with E-state index in [1.807, 2.05) is 0 Å². The molecular formula is C22H52O3Si3. The molecule has 0 aromatic rings. The Hall–Kier alpha value is 0.531. The predicted molar refractivity (Wildman–Crippen MR) is 133 cm³/mol. The van der Waals surface area contributed by atoms with Crippen LogP contribution in [0.1, 0.15) is 73.1 Å². The molecule has 0 aromatic heterocycles. The molecule has 0 saturated heterocycles. The molecule has 0 bridgehead atoms. The van der Waals surface area contributed by atoms with Crippen LogP contribution in [0.3, 0.4) is 0 Å². The summed E-state index contributed by atoms with van der Waals surface area (Å²) in [7, 11) is -5.54. The second kappa shape index (κ2) is 11.2. The van der Waals surface area contributed by atoms with Gasteiger partial charge in [-0.15, -0.1) is 0 Å². The normalized spacial score (nSPS) is 16.3. The highest BCUT2D eigenvalue weighted by Gasteiger charge is 2.54. The second-order valence-corrected chi connectivity index (χ2v) is 24.3. The fourth-order valence-corrected chi connectivity index (χ4v) is 16.8. The van der Waals surface area contributed by atoms with E-state index in [4.69, 9.17) is 8.85 Å². The van der Waals surface area contributed by atoms with Crippen molar-refractivity contribution in [2.45, 2.75) is 135 Å². The molecular weight excluding hydrogens is 396 g/mol. The smallest absolute Gasteiger partial charge is 0.216 e. The zero-order valence-electron chi connectivity index (χ0n) is 21.1. The van der Waals surface area contributed by atoms with Gasteiger partial charge in [0.1, 0.15) is 0 Å². The van der Waals surface area contributed by atoms with Crippen molar-refractivity contribution in [3.63, 3.8) is 0 Å². The van der Waals surface area contributed by atoms with Crippen LogP contribution in [0.15, 0.2) is 0 Å². The van der Waals surface area contributed by atoms with E-state index in [1.165, 1.54) is 18.9 Å². The molecule has 0 aliphatic heterocycles. The molecule has 0 rings (SSSR count).